The molecule has 0 spiro atoms. The van der Waals surface area contributed by atoms with Gasteiger partial charge in [0.15, 0.2) is 0 Å². The van der Waals surface area contributed by atoms with Gasteiger partial charge in [-0.1, -0.05) is 52.9 Å². The summed E-state index contributed by atoms with van der Waals surface area (Å²) < 4.78 is 5.21. The van der Waals surface area contributed by atoms with Gasteiger partial charge in [-0.2, -0.15) is 0 Å². The molecule has 0 aliphatic heterocycles. The van der Waals surface area contributed by atoms with E-state index in [9.17, 15) is 4.79 Å². The van der Waals surface area contributed by atoms with Crippen molar-refractivity contribution < 1.29 is 9.22 Å². The molecule has 0 saturated heterocycles. The van der Waals surface area contributed by atoms with Gasteiger partial charge in [-0.25, -0.2) is 0 Å². The Morgan fingerprint density at radius 1 is 1.29 bits per heavy atom. The van der Waals surface area contributed by atoms with Gasteiger partial charge in [0.1, 0.15) is 0 Å². The van der Waals surface area contributed by atoms with E-state index in [1.54, 1.807) is 0 Å². The number of rotatable bonds is 5. The lowest BCUT2D eigenvalue weighted by Crippen LogP contribution is -2.41. The van der Waals surface area contributed by atoms with E-state index in [1.165, 1.54) is 32.1 Å². The maximum atomic E-state index is 12.2. The molecular weight excluding hydrogens is 228 g/mol. The number of carbonyl (C=O) groups excluding carboxylic acids is 1. The third-order valence-corrected chi connectivity index (χ3v) is 5.45. The first-order valence-electron chi connectivity index (χ1n) is 7.20. The molecule has 0 aromatic heterocycles. The van der Waals surface area contributed by atoms with Gasteiger partial charge in [0.05, 0.1) is 5.41 Å². The van der Waals surface area contributed by atoms with Crippen LogP contribution in [0.4, 0.5) is 0 Å². The largest absolute Gasteiger partial charge is 0.528 e. The van der Waals surface area contributed by atoms with Gasteiger partial charge in [0.25, 0.3) is 5.97 Å². The van der Waals surface area contributed by atoms with Crippen LogP contribution in [0.15, 0.2) is 0 Å². The fourth-order valence-corrected chi connectivity index (χ4v) is 4.06. The van der Waals surface area contributed by atoms with Gasteiger partial charge >= 0.3 is 0 Å². The highest BCUT2D eigenvalue weighted by molar-refractivity contribution is 6.06. The summed E-state index contributed by atoms with van der Waals surface area (Å²) in [6.45, 7) is 6.56. The molecule has 1 aliphatic rings. The van der Waals surface area contributed by atoms with Crippen molar-refractivity contribution in [3.63, 3.8) is 0 Å². The zero-order chi connectivity index (χ0) is 12.9. The van der Waals surface area contributed by atoms with Crippen LogP contribution < -0.4 is 0 Å². The summed E-state index contributed by atoms with van der Waals surface area (Å²) in [5.41, 5.74) is -0.218. The minimum absolute atomic E-state index is 0.0623. The summed E-state index contributed by atoms with van der Waals surface area (Å²) in [4.78, 5) is 12.2. The number of carbonyl (C=O) groups is 1. The van der Waals surface area contributed by atoms with E-state index in [0.717, 1.165) is 18.8 Å². The van der Waals surface area contributed by atoms with Crippen LogP contribution in [-0.4, -0.2) is 16.5 Å². The molecule has 1 unspecified atom stereocenters. The summed E-state index contributed by atoms with van der Waals surface area (Å²) in [6, 6.07) is 0. The van der Waals surface area contributed by atoms with Crippen molar-refractivity contribution in [2.75, 3.05) is 0 Å². The van der Waals surface area contributed by atoms with Crippen molar-refractivity contribution in [2.24, 2.45) is 17.3 Å². The molecule has 0 N–H and O–H groups in total. The number of hydrogen-bond donors (Lipinski definition) is 0. The second kappa shape index (κ2) is 6.57. The van der Waals surface area contributed by atoms with Gasteiger partial charge in [0.2, 0.25) is 10.5 Å². The fourth-order valence-electron chi connectivity index (χ4n) is 3.66. The Hall–Kier alpha value is -0.313. The van der Waals surface area contributed by atoms with Crippen LogP contribution in [0.25, 0.3) is 0 Å². The molecule has 2 nitrogen and oxygen atoms in total. The highest BCUT2D eigenvalue weighted by Gasteiger charge is 2.44. The van der Waals surface area contributed by atoms with Gasteiger partial charge in [-0.15, -0.1) is 0 Å². The molecule has 1 fully saturated rings. The second-order valence-electron chi connectivity index (χ2n) is 5.54. The molecule has 100 valence electrons. The molecule has 1 atom stereocenters. The molecule has 17 heavy (non-hydrogen) atoms. The molecule has 0 amide bonds. The maximum Gasteiger partial charge on any atom is 0.298 e. The Kier molecular flexibility index (Phi) is 5.70. The molecular formula is C14H28O2Si. The molecule has 0 bridgehead atoms. The fraction of sp³-hybridized carbons (Fsp3) is 0.929. The minimum atomic E-state index is -0.218. The van der Waals surface area contributed by atoms with Crippen LogP contribution in [0.2, 0.25) is 0 Å². The van der Waals surface area contributed by atoms with Gasteiger partial charge < -0.3 is 4.43 Å². The third-order valence-electron chi connectivity index (χ3n) is 5.08. The molecule has 0 aromatic carbocycles. The standard InChI is InChI=1S/C14H28O2Si/c1-4-14(5-2,13(15)16-17)11(3)12-9-7-6-8-10-12/h11-12H,4-10H2,1-3,17H3. The average Bonchev–Trinajstić information content (AvgIpc) is 2.41. The SMILES string of the molecule is CCC(CC)(C(=O)O[SiH3])C(C)C1CCCCC1. The van der Waals surface area contributed by atoms with Gasteiger partial charge in [0, 0.05) is 0 Å². The first-order valence-corrected chi connectivity index (χ1v) is 8.02. The van der Waals surface area contributed by atoms with E-state index in [0.29, 0.717) is 16.4 Å². The summed E-state index contributed by atoms with van der Waals surface area (Å²) >= 11 is 0. The van der Waals surface area contributed by atoms with E-state index in [-0.39, 0.29) is 11.4 Å². The van der Waals surface area contributed by atoms with Crippen molar-refractivity contribution in [1.82, 2.24) is 0 Å². The Morgan fingerprint density at radius 2 is 1.82 bits per heavy atom. The van der Waals surface area contributed by atoms with Crippen molar-refractivity contribution in [2.45, 2.75) is 65.7 Å². The van der Waals surface area contributed by atoms with Crippen molar-refractivity contribution in [3.8, 4) is 0 Å². The lowest BCUT2D eigenvalue weighted by atomic mass is 9.64. The van der Waals surface area contributed by atoms with E-state index in [1.807, 2.05) is 0 Å². The summed E-state index contributed by atoms with van der Waals surface area (Å²) in [5, 5.41) is 0. The quantitative estimate of drug-likeness (QED) is 0.707. The first kappa shape index (κ1) is 14.7. The van der Waals surface area contributed by atoms with E-state index >= 15 is 0 Å². The molecule has 1 aliphatic carbocycles. The summed E-state index contributed by atoms with van der Waals surface area (Å²) in [6.07, 6.45) is 8.50. The highest BCUT2D eigenvalue weighted by Crippen LogP contribution is 2.45. The Bertz CT molecular complexity index is 243. The number of hydrogen-bond acceptors (Lipinski definition) is 2. The molecule has 3 heteroatoms. The molecule has 0 radical (unpaired) electrons. The average molecular weight is 256 g/mol. The summed E-state index contributed by atoms with van der Waals surface area (Å²) in [5.74, 6) is 1.26. The van der Waals surface area contributed by atoms with Crippen molar-refractivity contribution in [3.05, 3.63) is 0 Å². The van der Waals surface area contributed by atoms with Crippen molar-refractivity contribution in [1.29, 1.82) is 0 Å². The zero-order valence-electron chi connectivity index (χ0n) is 11.9. The predicted octanol–water partition coefficient (Wildman–Crippen LogP) is 2.83. The minimum Gasteiger partial charge on any atom is -0.528 e. The monoisotopic (exact) mass is 256 g/mol. The molecule has 1 rings (SSSR count). The van der Waals surface area contributed by atoms with Crippen LogP contribution >= 0.6 is 0 Å². The van der Waals surface area contributed by atoms with E-state index < -0.39 is 0 Å². The Labute approximate surface area is 109 Å². The third kappa shape index (κ3) is 2.93. The molecule has 0 heterocycles. The maximum absolute atomic E-state index is 12.2. The van der Waals surface area contributed by atoms with E-state index in [4.69, 9.17) is 4.43 Å². The van der Waals surface area contributed by atoms with Gasteiger partial charge in [-0.05, 0) is 24.7 Å². The van der Waals surface area contributed by atoms with Crippen LogP contribution in [0.5, 0.6) is 0 Å². The lowest BCUT2D eigenvalue weighted by Gasteiger charge is -2.41. The Balaban J connectivity index is 2.84. The van der Waals surface area contributed by atoms with Crippen molar-refractivity contribution >= 4 is 16.5 Å². The second-order valence-corrected chi connectivity index (χ2v) is 5.95. The summed E-state index contributed by atoms with van der Waals surface area (Å²) in [7, 11) is 0.523. The Morgan fingerprint density at radius 3 is 2.24 bits per heavy atom. The van der Waals surface area contributed by atoms with E-state index in [2.05, 4.69) is 20.8 Å². The normalized spacial score (nSPS) is 20.2. The topological polar surface area (TPSA) is 26.3 Å². The lowest BCUT2D eigenvalue weighted by molar-refractivity contribution is -0.151. The predicted molar refractivity (Wildman–Crippen MR) is 74.8 cm³/mol. The van der Waals surface area contributed by atoms with Gasteiger partial charge in [-0.3, -0.25) is 4.79 Å². The zero-order valence-corrected chi connectivity index (χ0v) is 13.9. The molecule has 0 aromatic rings. The first-order chi connectivity index (χ1) is 8.12. The van der Waals surface area contributed by atoms with Crippen LogP contribution in [0, 0.1) is 17.3 Å². The highest BCUT2D eigenvalue weighted by atomic mass is 28.2. The van der Waals surface area contributed by atoms with Crippen LogP contribution in [0.1, 0.15) is 65.7 Å². The van der Waals surface area contributed by atoms with Crippen LogP contribution in [-0.2, 0) is 9.22 Å². The molecule has 1 saturated carbocycles. The van der Waals surface area contributed by atoms with Crippen LogP contribution in [0.3, 0.4) is 0 Å². The smallest absolute Gasteiger partial charge is 0.298 e.